The number of rotatable bonds is 0. The highest BCUT2D eigenvalue weighted by Crippen LogP contribution is 2.43. The molecule has 0 saturated carbocycles. The fraction of sp³-hybridized carbons (Fsp3) is 0.286. The molecule has 3 nitrogen and oxygen atoms in total. The van der Waals surface area contributed by atoms with Crippen LogP contribution >= 0.6 is 47.8 Å². The summed E-state index contributed by atoms with van der Waals surface area (Å²) in [6.07, 6.45) is 1.30. The lowest BCUT2D eigenvalue weighted by Crippen LogP contribution is -2.29. The first-order valence-electron chi connectivity index (χ1n) is 3.25. The molecule has 0 spiro atoms. The molecule has 1 rings (SSSR count). The van der Waals surface area contributed by atoms with Gasteiger partial charge in [0.2, 0.25) is 0 Å². The van der Waals surface area contributed by atoms with Gasteiger partial charge in [0.25, 0.3) is 0 Å². The van der Waals surface area contributed by atoms with Gasteiger partial charge in [-0.25, -0.2) is 0 Å². The highest BCUT2D eigenvalue weighted by molar-refractivity contribution is 9.39. The summed E-state index contributed by atoms with van der Waals surface area (Å²) >= 11 is 9.29. The smallest absolute Gasteiger partial charge is 0.198 e. The normalized spacial score (nSPS) is 24.0. The summed E-state index contributed by atoms with van der Waals surface area (Å²) in [7, 11) is 0. The largest absolute Gasteiger partial charge is 0.507 e. The van der Waals surface area contributed by atoms with Crippen molar-refractivity contribution >= 4 is 53.6 Å². The van der Waals surface area contributed by atoms with Crippen molar-refractivity contribution in [1.82, 2.24) is 0 Å². The molecular formula is C7H5Br3O3. The topological polar surface area (TPSA) is 57.5 Å². The molecular weight excluding hydrogens is 372 g/mol. The van der Waals surface area contributed by atoms with Crippen molar-refractivity contribution in [2.75, 3.05) is 0 Å². The van der Waals surface area contributed by atoms with Crippen LogP contribution in [0.5, 0.6) is 0 Å². The Balaban J connectivity index is 3.18. The minimum atomic E-state index is -1.20. The summed E-state index contributed by atoms with van der Waals surface area (Å²) < 4.78 is -1.00. The third kappa shape index (κ3) is 2.43. The standard InChI is InChI=1S/C7H5Br3O3/c8-7(9,10)5-3(11)1-2-4(12)6(5)13/h1-2,4,11-12H. The van der Waals surface area contributed by atoms with Crippen LogP contribution in [0.15, 0.2) is 23.5 Å². The molecule has 0 amide bonds. The summed E-state index contributed by atoms with van der Waals surface area (Å²) in [5, 5.41) is 18.5. The number of Topliss-reactive ketones (excluding diaryl/α,β-unsaturated/α-hetero) is 1. The molecule has 1 unspecified atom stereocenters. The summed E-state index contributed by atoms with van der Waals surface area (Å²) in [5.74, 6) is -0.730. The molecule has 13 heavy (non-hydrogen) atoms. The van der Waals surface area contributed by atoms with Crippen molar-refractivity contribution < 1.29 is 15.0 Å². The minimum absolute atomic E-state index is 0.0440. The van der Waals surface area contributed by atoms with E-state index in [9.17, 15) is 15.0 Å². The first-order chi connectivity index (χ1) is 5.84. The van der Waals surface area contributed by atoms with E-state index in [2.05, 4.69) is 47.8 Å². The average molecular weight is 377 g/mol. The Morgan fingerprint density at radius 1 is 1.38 bits per heavy atom. The number of ketones is 1. The number of carbonyl (C=O) groups is 1. The van der Waals surface area contributed by atoms with E-state index in [-0.39, 0.29) is 11.3 Å². The molecule has 1 aliphatic rings. The molecule has 0 bridgehead atoms. The van der Waals surface area contributed by atoms with Crippen LogP contribution in [0, 0.1) is 0 Å². The molecule has 6 heteroatoms. The molecule has 0 aromatic carbocycles. The first kappa shape index (κ1) is 11.4. The number of carbonyl (C=O) groups excluding carboxylic acids is 1. The molecule has 0 aromatic rings. The zero-order valence-electron chi connectivity index (χ0n) is 6.17. The van der Waals surface area contributed by atoms with Gasteiger partial charge in [0.1, 0.15) is 11.9 Å². The number of halogens is 3. The summed E-state index contributed by atoms with van der Waals surface area (Å²) in [6, 6.07) is 0. The van der Waals surface area contributed by atoms with E-state index < -0.39 is 14.0 Å². The van der Waals surface area contributed by atoms with Crippen LogP contribution in [-0.2, 0) is 4.79 Å². The number of aliphatic hydroxyl groups is 2. The van der Waals surface area contributed by atoms with Crippen molar-refractivity contribution in [3.63, 3.8) is 0 Å². The van der Waals surface area contributed by atoms with Gasteiger partial charge in [-0.05, 0) is 12.2 Å². The third-order valence-corrected chi connectivity index (χ3v) is 2.68. The van der Waals surface area contributed by atoms with E-state index in [4.69, 9.17) is 0 Å². The number of alkyl halides is 3. The van der Waals surface area contributed by atoms with E-state index in [0.717, 1.165) is 0 Å². The fourth-order valence-corrected chi connectivity index (χ4v) is 2.11. The minimum Gasteiger partial charge on any atom is -0.507 e. The number of hydrogen-bond donors (Lipinski definition) is 2. The average Bonchev–Trinajstić information content (AvgIpc) is 1.95. The van der Waals surface area contributed by atoms with Crippen LogP contribution in [0.3, 0.4) is 0 Å². The van der Waals surface area contributed by atoms with Gasteiger partial charge >= 0.3 is 0 Å². The van der Waals surface area contributed by atoms with Crippen LogP contribution in [0.4, 0.5) is 0 Å². The Bertz CT molecular complexity index is 301. The van der Waals surface area contributed by atoms with Crippen LogP contribution in [0.2, 0.25) is 0 Å². The molecule has 2 N–H and O–H groups in total. The summed E-state index contributed by atoms with van der Waals surface area (Å²) in [5.41, 5.74) is 0.0440. The second-order valence-corrected chi connectivity index (χ2v) is 9.19. The lowest BCUT2D eigenvalue weighted by atomic mass is 10.0. The molecule has 0 saturated heterocycles. The Hall–Kier alpha value is 0.350. The van der Waals surface area contributed by atoms with E-state index in [1.165, 1.54) is 12.2 Å². The Labute approximate surface area is 99.9 Å². The van der Waals surface area contributed by atoms with Gasteiger partial charge in [0, 0.05) is 0 Å². The van der Waals surface area contributed by atoms with Gasteiger partial charge in [-0.1, -0.05) is 47.8 Å². The SMILES string of the molecule is O=C1C(C(Br)(Br)Br)=C(O)C=CC1O. The predicted octanol–water partition coefficient (Wildman–Crippen LogP) is 2.14. The van der Waals surface area contributed by atoms with Crippen molar-refractivity contribution in [3.05, 3.63) is 23.5 Å². The first-order valence-corrected chi connectivity index (χ1v) is 5.63. The summed E-state index contributed by atoms with van der Waals surface area (Å²) in [6.45, 7) is 0. The molecule has 0 aromatic heterocycles. The zero-order valence-corrected chi connectivity index (χ0v) is 10.9. The molecule has 1 aliphatic carbocycles. The molecule has 0 fully saturated rings. The lowest BCUT2D eigenvalue weighted by molar-refractivity contribution is -0.121. The van der Waals surface area contributed by atoms with E-state index >= 15 is 0 Å². The Morgan fingerprint density at radius 3 is 2.31 bits per heavy atom. The Morgan fingerprint density at radius 2 is 1.92 bits per heavy atom. The van der Waals surface area contributed by atoms with Gasteiger partial charge in [0.05, 0.1) is 5.57 Å². The lowest BCUT2D eigenvalue weighted by Gasteiger charge is -2.21. The van der Waals surface area contributed by atoms with Crippen molar-refractivity contribution in [2.45, 2.75) is 8.25 Å². The summed E-state index contributed by atoms with van der Waals surface area (Å²) in [4.78, 5) is 11.4. The maximum absolute atomic E-state index is 11.4. The second-order valence-electron chi connectivity index (χ2n) is 2.43. The number of hydrogen-bond acceptors (Lipinski definition) is 3. The van der Waals surface area contributed by atoms with Gasteiger partial charge in [0.15, 0.2) is 7.93 Å². The van der Waals surface area contributed by atoms with Gasteiger partial charge in [-0.2, -0.15) is 0 Å². The molecule has 0 heterocycles. The highest BCUT2D eigenvalue weighted by Gasteiger charge is 2.37. The van der Waals surface area contributed by atoms with Crippen LogP contribution in [0.1, 0.15) is 0 Å². The maximum atomic E-state index is 11.4. The van der Waals surface area contributed by atoms with Crippen molar-refractivity contribution in [2.24, 2.45) is 0 Å². The van der Waals surface area contributed by atoms with Crippen molar-refractivity contribution in [1.29, 1.82) is 0 Å². The number of allylic oxidation sites excluding steroid dienone is 1. The van der Waals surface area contributed by atoms with E-state index in [1.807, 2.05) is 0 Å². The van der Waals surface area contributed by atoms with Gasteiger partial charge in [-0.3, -0.25) is 4.79 Å². The Kier molecular flexibility index (Phi) is 3.38. The van der Waals surface area contributed by atoms with E-state index in [0.29, 0.717) is 0 Å². The maximum Gasteiger partial charge on any atom is 0.198 e. The fourth-order valence-electron chi connectivity index (χ4n) is 0.912. The molecule has 72 valence electrons. The molecule has 1 atom stereocenters. The van der Waals surface area contributed by atoms with Crippen molar-refractivity contribution in [3.8, 4) is 0 Å². The molecule has 0 radical (unpaired) electrons. The van der Waals surface area contributed by atoms with Crippen LogP contribution < -0.4 is 0 Å². The highest BCUT2D eigenvalue weighted by atomic mass is 80.0. The second kappa shape index (κ2) is 3.84. The van der Waals surface area contributed by atoms with Gasteiger partial charge < -0.3 is 10.2 Å². The quantitative estimate of drug-likeness (QED) is 0.637. The van der Waals surface area contributed by atoms with E-state index in [1.54, 1.807) is 0 Å². The van der Waals surface area contributed by atoms with Crippen LogP contribution in [-0.4, -0.2) is 24.2 Å². The molecule has 0 aliphatic heterocycles. The zero-order chi connectivity index (χ0) is 10.2. The monoisotopic (exact) mass is 374 g/mol. The third-order valence-electron chi connectivity index (χ3n) is 1.49. The van der Waals surface area contributed by atoms with Gasteiger partial charge in [-0.15, -0.1) is 0 Å². The van der Waals surface area contributed by atoms with Crippen LogP contribution in [0.25, 0.3) is 0 Å². The predicted molar refractivity (Wildman–Crippen MR) is 59.3 cm³/mol. The number of aliphatic hydroxyl groups excluding tert-OH is 2.